The summed E-state index contributed by atoms with van der Waals surface area (Å²) in [6.45, 7) is 2.84. The summed E-state index contributed by atoms with van der Waals surface area (Å²) >= 11 is 6.03. The van der Waals surface area contributed by atoms with E-state index in [4.69, 9.17) is 21.1 Å². The van der Waals surface area contributed by atoms with Crippen LogP contribution in [0.15, 0.2) is 42.5 Å². The van der Waals surface area contributed by atoms with Crippen LogP contribution in [-0.2, 0) is 11.3 Å². The van der Waals surface area contributed by atoms with Crippen LogP contribution in [0.4, 0.5) is 0 Å². The van der Waals surface area contributed by atoms with Gasteiger partial charge in [0.25, 0.3) is 0 Å². The summed E-state index contributed by atoms with van der Waals surface area (Å²) in [6, 6.07) is 12.2. The van der Waals surface area contributed by atoms with Gasteiger partial charge in [0.1, 0.15) is 11.5 Å². The van der Waals surface area contributed by atoms with E-state index in [0.29, 0.717) is 29.5 Å². The number of ether oxygens (including phenoxy) is 2. The van der Waals surface area contributed by atoms with Crippen molar-refractivity contribution in [3.8, 4) is 11.5 Å². The van der Waals surface area contributed by atoms with Crippen LogP contribution in [0.3, 0.4) is 0 Å². The molecule has 0 N–H and O–H groups in total. The molecule has 2 aromatic carbocycles. The van der Waals surface area contributed by atoms with Crippen LogP contribution in [0.25, 0.3) is 0 Å². The lowest BCUT2D eigenvalue weighted by atomic mass is 10.1. The number of hydrogen-bond donors (Lipinski definition) is 0. The van der Waals surface area contributed by atoms with Crippen LogP contribution in [0, 0.1) is 0 Å². The molecule has 0 unspecified atom stereocenters. The number of carbonyl (C=O) groups is 2. The maximum Gasteiger partial charge on any atom is 0.223 e. The summed E-state index contributed by atoms with van der Waals surface area (Å²) in [5.41, 5.74) is 1.39. The van der Waals surface area contributed by atoms with Crippen LogP contribution in [0.2, 0.25) is 5.02 Å². The normalized spacial score (nSPS) is 10.4. The fourth-order valence-electron chi connectivity index (χ4n) is 2.67. The predicted molar refractivity (Wildman–Crippen MR) is 106 cm³/mol. The van der Waals surface area contributed by atoms with E-state index in [1.54, 1.807) is 61.5 Å². The van der Waals surface area contributed by atoms with E-state index in [1.165, 1.54) is 0 Å². The van der Waals surface area contributed by atoms with Gasteiger partial charge >= 0.3 is 0 Å². The molecule has 0 aromatic heterocycles. The number of Topliss-reactive ketones (excluding diaryl/α,β-unsaturated/α-hetero) is 1. The second-order valence-electron chi connectivity index (χ2n) is 6.09. The van der Waals surface area contributed by atoms with Crippen LogP contribution in [0.1, 0.15) is 35.7 Å². The highest BCUT2D eigenvalue weighted by Crippen LogP contribution is 2.24. The number of methoxy groups -OCH3 is 1. The van der Waals surface area contributed by atoms with Gasteiger partial charge in [0.15, 0.2) is 5.78 Å². The number of ketones is 1. The van der Waals surface area contributed by atoms with Gasteiger partial charge in [-0.05, 0) is 49.4 Å². The zero-order valence-corrected chi connectivity index (χ0v) is 16.6. The van der Waals surface area contributed by atoms with E-state index in [1.807, 2.05) is 6.92 Å². The number of nitrogens with zero attached hydrogens (tertiary/aromatic N) is 1. The SMILES string of the molecule is CCOc1ccc(C(=O)CCC(=O)N(C)Cc2cc(Cl)ccc2OC)cc1. The van der Waals surface area contributed by atoms with Gasteiger partial charge in [-0.2, -0.15) is 0 Å². The maximum absolute atomic E-state index is 12.4. The Kier molecular flexibility index (Phi) is 7.67. The Morgan fingerprint density at radius 1 is 1.07 bits per heavy atom. The average Bonchev–Trinajstić information content (AvgIpc) is 2.66. The summed E-state index contributed by atoms with van der Waals surface area (Å²) in [5, 5.41) is 0.581. The number of amides is 1. The molecule has 0 saturated heterocycles. The number of hydrogen-bond acceptors (Lipinski definition) is 4. The fourth-order valence-corrected chi connectivity index (χ4v) is 2.87. The monoisotopic (exact) mass is 389 g/mol. The van der Waals surface area contributed by atoms with Gasteiger partial charge in [-0.15, -0.1) is 0 Å². The Morgan fingerprint density at radius 2 is 1.78 bits per heavy atom. The van der Waals surface area contributed by atoms with Crippen molar-refractivity contribution in [1.29, 1.82) is 0 Å². The molecular formula is C21H24ClNO4. The van der Waals surface area contributed by atoms with Crippen molar-refractivity contribution in [3.63, 3.8) is 0 Å². The van der Waals surface area contributed by atoms with E-state index < -0.39 is 0 Å². The Hall–Kier alpha value is -2.53. The molecule has 0 spiro atoms. The highest BCUT2D eigenvalue weighted by Gasteiger charge is 2.15. The minimum atomic E-state index is -0.115. The molecule has 6 heteroatoms. The Balaban J connectivity index is 1.91. The lowest BCUT2D eigenvalue weighted by Gasteiger charge is -2.19. The summed E-state index contributed by atoms with van der Waals surface area (Å²) < 4.78 is 10.7. The molecule has 2 rings (SSSR count). The van der Waals surface area contributed by atoms with Gasteiger partial charge in [-0.25, -0.2) is 0 Å². The molecule has 2 aromatic rings. The van der Waals surface area contributed by atoms with Gasteiger partial charge in [0.05, 0.1) is 13.7 Å². The average molecular weight is 390 g/mol. The summed E-state index contributed by atoms with van der Waals surface area (Å²) in [4.78, 5) is 26.3. The predicted octanol–water partition coefficient (Wildman–Crippen LogP) is 4.37. The summed E-state index contributed by atoms with van der Waals surface area (Å²) in [7, 11) is 3.27. The molecule has 144 valence electrons. The van der Waals surface area contributed by atoms with E-state index in [-0.39, 0.29) is 24.5 Å². The quantitative estimate of drug-likeness (QED) is 0.597. The van der Waals surface area contributed by atoms with Crippen molar-refractivity contribution in [2.24, 2.45) is 0 Å². The smallest absolute Gasteiger partial charge is 0.223 e. The minimum Gasteiger partial charge on any atom is -0.496 e. The molecule has 0 aliphatic rings. The summed E-state index contributed by atoms with van der Waals surface area (Å²) in [6.07, 6.45) is 0.301. The number of rotatable bonds is 9. The molecule has 0 fully saturated rings. The van der Waals surface area contributed by atoms with Gasteiger partial charge in [-0.3, -0.25) is 9.59 Å². The van der Waals surface area contributed by atoms with Gasteiger partial charge in [0, 0.05) is 42.6 Å². The van der Waals surface area contributed by atoms with E-state index in [0.717, 1.165) is 11.3 Å². The first-order chi connectivity index (χ1) is 12.9. The molecule has 0 atom stereocenters. The first-order valence-corrected chi connectivity index (χ1v) is 9.14. The van der Waals surface area contributed by atoms with E-state index in [2.05, 4.69) is 0 Å². The second kappa shape index (κ2) is 9.97. The molecule has 0 bridgehead atoms. The van der Waals surface area contributed by atoms with Crippen LogP contribution >= 0.6 is 11.6 Å². The topological polar surface area (TPSA) is 55.8 Å². The van der Waals surface area contributed by atoms with Crippen molar-refractivity contribution in [2.45, 2.75) is 26.3 Å². The lowest BCUT2D eigenvalue weighted by Crippen LogP contribution is -2.26. The maximum atomic E-state index is 12.4. The zero-order chi connectivity index (χ0) is 19.8. The van der Waals surface area contributed by atoms with Crippen molar-refractivity contribution < 1.29 is 19.1 Å². The number of halogens is 1. The van der Waals surface area contributed by atoms with Crippen molar-refractivity contribution in [1.82, 2.24) is 4.90 Å². The molecule has 0 aliphatic carbocycles. The number of benzene rings is 2. The molecular weight excluding hydrogens is 366 g/mol. The molecule has 27 heavy (non-hydrogen) atoms. The van der Waals surface area contributed by atoms with Gasteiger partial charge < -0.3 is 14.4 Å². The minimum absolute atomic E-state index is 0.0693. The third-order valence-electron chi connectivity index (χ3n) is 4.13. The molecule has 0 aliphatic heterocycles. The Bertz CT molecular complexity index is 789. The highest BCUT2D eigenvalue weighted by molar-refractivity contribution is 6.30. The lowest BCUT2D eigenvalue weighted by molar-refractivity contribution is -0.130. The third kappa shape index (κ3) is 6.00. The van der Waals surface area contributed by atoms with E-state index in [9.17, 15) is 9.59 Å². The van der Waals surface area contributed by atoms with Crippen LogP contribution in [-0.4, -0.2) is 37.4 Å². The van der Waals surface area contributed by atoms with Crippen molar-refractivity contribution >= 4 is 23.3 Å². The van der Waals surface area contributed by atoms with Crippen molar-refractivity contribution in [3.05, 3.63) is 58.6 Å². The van der Waals surface area contributed by atoms with Crippen molar-refractivity contribution in [2.75, 3.05) is 20.8 Å². The van der Waals surface area contributed by atoms with Crippen LogP contribution in [0.5, 0.6) is 11.5 Å². The molecule has 0 saturated carbocycles. The summed E-state index contributed by atoms with van der Waals surface area (Å²) in [5.74, 6) is 1.21. The molecule has 0 radical (unpaired) electrons. The molecule has 0 heterocycles. The van der Waals surface area contributed by atoms with Gasteiger partial charge in [0.2, 0.25) is 5.91 Å². The van der Waals surface area contributed by atoms with E-state index >= 15 is 0 Å². The largest absolute Gasteiger partial charge is 0.496 e. The third-order valence-corrected chi connectivity index (χ3v) is 4.36. The zero-order valence-electron chi connectivity index (χ0n) is 15.8. The van der Waals surface area contributed by atoms with Crippen LogP contribution < -0.4 is 9.47 Å². The fraction of sp³-hybridized carbons (Fsp3) is 0.333. The highest BCUT2D eigenvalue weighted by atomic mass is 35.5. The standard InChI is InChI=1S/C21H24ClNO4/c1-4-27-18-8-5-15(6-9-18)19(24)10-12-21(25)23(2)14-16-13-17(22)7-11-20(16)26-3/h5-9,11,13H,4,10,12,14H2,1-3H3. The second-order valence-corrected chi connectivity index (χ2v) is 6.52. The van der Waals surface area contributed by atoms with Gasteiger partial charge in [-0.1, -0.05) is 11.6 Å². The molecule has 1 amide bonds. The Labute approximate surface area is 164 Å². The number of carbonyl (C=O) groups excluding carboxylic acids is 2. The first kappa shape index (κ1) is 20.8. The first-order valence-electron chi connectivity index (χ1n) is 8.77. The molecule has 5 nitrogen and oxygen atoms in total. The Morgan fingerprint density at radius 3 is 2.41 bits per heavy atom.